The van der Waals surface area contributed by atoms with Gasteiger partial charge in [0.15, 0.2) is 0 Å². The van der Waals surface area contributed by atoms with Crippen LogP contribution in [0.25, 0.3) is 0 Å². The third kappa shape index (κ3) is 4.16. The lowest BCUT2D eigenvalue weighted by molar-refractivity contribution is -0.385. The van der Waals surface area contributed by atoms with Gasteiger partial charge in [-0.1, -0.05) is 0 Å². The molecule has 6 nitrogen and oxygen atoms in total. The Morgan fingerprint density at radius 2 is 2.00 bits per heavy atom. The molecule has 0 fully saturated rings. The van der Waals surface area contributed by atoms with Crippen LogP contribution in [0.4, 0.5) is 18.9 Å². The number of aliphatic hydroxyl groups is 1. The number of nitro benzene ring substituents is 1. The summed E-state index contributed by atoms with van der Waals surface area (Å²) in [6, 6.07) is 5.40. The Morgan fingerprint density at radius 1 is 1.26 bits per heavy atom. The zero-order valence-electron chi connectivity index (χ0n) is 11.6. The molecule has 0 aliphatic rings. The number of alkyl halides is 3. The number of ether oxygens (including phenoxy) is 1. The summed E-state index contributed by atoms with van der Waals surface area (Å²) in [6.07, 6.45) is -3.46. The van der Waals surface area contributed by atoms with Crippen LogP contribution in [0.1, 0.15) is 16.8 Å². The summed E-state index contributed by atoms with van der Waals surface area (Å²) >= 11 is 0. The second-order valence-electron chi connectivity index (χ2n) is 4.53. The van der Waals surface area contributed by atoms with E-state index in [2.05, 4.69) is 4.98 Å². The fourth-order valence-corrected chi connectivity index (χ4v) is 1.82. The third-order valence-corrected chi connectivity index (χ3v) is 2.96. The van der Waals surface area contributed by atoms with Crippen LogP contribution >= 0.6 is 0 Å². The van der Waals surface area contributed by atoms with Crippen molar-refractivity contribution in [2.75, 3.05) is 0 Å². The van der Waals surface area contributed by atoms with Crippen LogP contribution in [-0.2, 0) is 19.4 Å². The van der Waals surface area contributed by atoms with Crippen LogP contribution in [0, 0.1) is 10.1 Å². The number of nitro groups is 1. The van der Waals surface area contributed by atoms with Crippen molar-refractivity contribution in [3.05, 3.63) is 63.5 Å². The molecule has 0 aliphatic carbocycles. The van der Waals surface area contributed by atoms with E-state index in [-0.39, 0.29) is 17.9 Å². The minimum atomic E-state index is -4.73. The van der Waals surface area contributed by atoms with Crippen LogP contribution in [0.2, 0.25) is 0 Å². The predicted molar refractivity (Wildman–Crippen MR) is 72.6 cm³/mol. The Balaban J connectivity index is 2.22. The molecule has 2 rings (SSSR count). The first-order valence-electron chi connectivity index (χ1n) is 6.34. The van der Waals surface area contributed by atoms with E-state index in [1.807, 2.05) is 0 Å². The normalized spacial score (nSPS) is 11.3. The molecule has 0 radical (unpaired) electrons. The molecule has 1 aromatic carbocycles. The number of aromatic nitrogens is 1. The second-order valence-corrected chi connectivity index (χ2v) is 4.53. The van der Waals surface area contributed by atoms with Gasteiger partial charge in [0.25, 0.3) is 5.69 Å². The first kappa shape index (κ1) is 16.7. The molecule has 1 N–H and O–H groups in total. The van der Waals surface area contributed by atoms with Crippen molar-refractivity contribution in [1.82, 2.24) is 4.98 Å². The fraction of sp³-hybridized carbons (Fsp3) is 0.214. The molecule has 0 atom stereocenters. The number of rotatable bonds is 5. The Labute approximate surface area is 128 Å². The second kappa shape index (κ2) is 6.61. The van der Waals surface area contributed by atoms with Crippen LogP contribution in [-0.4, -0.2) is 15.0 Å². The first-order chi connectivity index (χ1) is 10.8. The van der Waals surface area contributed by atoms with E-state index in [0.29, 0.717) is 11.8 Å². The third-order valence-electron chi connectivity index (χ3n) is 2.96. The number of hydrogen-bond donors (Lipinski definition) is 1. The van der Waals surface area contributed by atoms with Crippen LogP contribution in [0.15, 0.2) is 36.5 Å². The summed E-state index contributed by atoms with van der Waals surface area (Å²) in [5, 5.41) is 19.5. The van der Waals surface area contributed by atoms with E-state index in [1.54, 1.807) is 0 Å². The molecule has 0 spiro atoms. The van der Waals surface area contributed by atoms with Crippen LogP contribution in [0.3, 0.4) is 0 Å². The standard InChI is InChI=1S/C14H11F3N2O4/c15-14(16,17)13-5-11(19(21)22)3-1-9(13)8-23-12-4-2-10(7-20)18-6-12/h1-6,20H,7-8H2. The van der Waals surface area contributed by atoms with E-state index >= 15 is 0 Å². The Bertz CT molecular complexity index is 702. The van der Waals surface area contributed by atoms with E-state index < -0.39 is 29.0 Å². The average Bonchev–Trinajstić information content (AvgIpc) is 2.52. The van der Waals surface area contributed by atoms with Gasteiger partial charge >= 0.3 is 6.18 Å². The average molecular weight is 328 g/mol. The van der Waals surface area contributed by atoms with Gasteiger partial charge in [-0.25, -0.2) is 0 Å². The van der Waals surface area contributed by atoms with Crippen molar-refractivity contribution in [1.29, 1.82) is 0 Å². The van der Waals surface area contributed by atoms with Crippen LogP contribution in [0.5, 0.6) is 5.75 Å². The molecule has 2 aromatic rings. The van der Waals surface area contributed by atoms with Gasteiger partial charge in [-0.3, -0.25) is 15.1 Å². The van der Waals surface area contributed by atoms with Gasteiger partial charge in [0.2, 0.25) is 0 Å². The molecule has 9 heteroatoms. The van der Waals surface area contributed by atoms with Crippen molar-refractivity contribution in [3.63, 3.8) is 0 Å². The van der Waals surface area contributed by atoms with E-state index in [1.165, 1.54) is 18.3 Å². The van der Waals surface area contributed by atoms with Gasteiger partial charge in [-0.05, 0) is 18.2 Å². The van der Waals surface area contributed by atoms with Crippen molar-refractivity contribution >= 4 is 5.69 Å². The molecular weight excluding hydrogens is 317 g/mol. The molecule has 0 aliphatic heterocycles. The van der Waals surface area contributed by atoms with E-state index in [4.69, 9.17) is 9.84 Å². The molecule has 0 unspecified atom stereocenters. The maximum absolute atomic E-state index is 13.0. The highest BCUT2D eigenvalue weighted by molar-refractivity contribution is 5.41. The molecule has 0 saturated heterocycles. The number of aliphatic hydroxyl groups excluding tert-OH is 1. The molecule has 122 valence electrons. The topological polar surface area (TPSA) is 85.5 Å². The zero-order chi connectivity index (χ0) is 17.0. The quantitative estimate of drug-likeness (QED) is 0.673. The summed E-state index contributed by atoms with van der Waals surface area (Å²) in [6.45, 7) is -0.687. The molecule has 23 heavy (non-hydrogen) atoms. The summed E-state index contributed by atoms with van der Waals surface area (Å²) in [7, 11) is 0. The number of halogens is 3. The Kier molecular flexibility index (Phi) is 4.80. The van der Waals surface area contributed by atoms with Gasteiger partial charge in [-0.2, -0.15) is 13.2 Å². The maximum atomic E-state index is 13.0. The Morgan fingerprint density at radius 3 is 2.52 bits per heavy atom. The minimum Gasteiger partial charge on any atom is -0.487 e. The lowest BCUT2D eigenvalue weighted by Crippen LogP contribution is -2.11. The minimum absolute atomic E-state index is 0.216. The number of non-ortho nitro benzene ring substituents is 1. The van der Waals surface area contributed by atoms with Crippen molar-refractivity contribution in [2.45, 2.75) is 19.4 Å². The summed E-state index contributed by atoms with van der Waals surface area (Å²) in [5.41, 5.74) is -1.60. The highest BCUT2D eigenvalue weighted by atomic mass is 19.4. The maximum Gasteiger partial charge on any atom is 0.417 e. The van der Waals surface area contributed by atoms with Gasteiger partial charge in [0, 0.05) is 17.7 Å². The van der Waals surface area contributed by atoms with Gasteiger partial charge in [-0.15, -0.1) is 0 Å². The first-order valence-corrected chi connectivity index (χ1v) is 6.34. The van der Waals surface area contributed by atoms with Crippen molar-refractivity contribution in [2.24, 2.45) is 0 Å². The van der Waals surface area contributed by atoms with Crippen molar-refractivity contribution in [3.8, 4) is 5.75 Å². The summed E-state index contributed by atoms with van der Waals surface area (Å²) in [4.78, 5) is 13.5. The lowest BCUT2D eigenvalue weighted by atomic mass is 10.1. The number of pyridine rings is 1. The van der Waals surface area contributed by atoms with Gasteiger partial charge < -0.3 is 9.84 Å². The highest BCUT2D eigenvalue weighted by Crippen LogP contribution is 2.34. The molecular formula is C14H11F3N2O4. The molecule has 0 amide bonds. The lowest BCUT2D eigenvalue weighted by Gasteiger charge is -2.13. The monoisotopic (exact) mass is 328 g/mol. The van der Waals surface area contributed by atoms with Gasteiger partial charge in [0.1, 0.15) is 12.4 Å². The molecule has 0 bridgehead atoms. The largest absolute Gasteiger partial charge is 0.487 e. The molecule has 1 heterocycles. The Hall–Kier alpha value is -2.68. The summed E-state index contributed by atoms with van der Waals surface area (Å²) < 4.78 is 44.2. The highest BCUT2D eigenvalue weighted by Gasteiger charge is 2.35. The van der Waals surface area contributed by atoms with E-state index in [9.17, 15) is 23.3 Å². The smallest absolute Gasteiger partial charge is 0.417 e. The number of nitrogens with zero attached hydrogens (tertiary/aromatic N) is 2. The number of hydrogen-bond acceptors (Lipinski definition) is 5. The van der Waals surface area contributed by atoms with Gasteiger partial charge in [0.05, 0.1) is 29.0 Å². The fourth-order valence-electron chi connectivity index (χ4n) is 1.82. The number of benzene rings is 1. The van der Waals surface area contributed by atoms with Crippen molar-refractivity contribution < 1.29 is 27.9 Å². The summed E-state index contributed by atoms with van der Waals surface area (Å²) in [5.74, 6) is 0.216. The zero-order valence-corrected chi connectivity index (χ0v) is 11.6. The predicted octanol–water partition coefficient (Wildman–Crippen LogP) is 3.08. The molecule has 0 saturated carbocycles. The van der Waals surface area contributed by atoms with E-state index in [0.717, 1.165) is 12.1 Å². The molecule has 1 aromatic heterocycles. The van der Waals surface area contributed by atoms with Crippen LogP contribution < -0.4 is 4.74 Å². The SMILES string of the molecule is O=[N+]([O-])c1ccc(COc2ccc(CO)nc2)c(C(F)(F)F)c1.